The molecule has 7 nitrogen and oxygen atoms in total. The van der Waals surface area contributed by atoms with Crippen molar-refractivity contribution in [1.29, 1.82) is 0 Å². The van der Waals surface area contributed by atoms with Gasteiger partial charge in [0.25, 0.3) is 5.91 Å². The third-order valence-corrected chi connectivity index (χ3v) is 2.80. The second-order valence-corrected chi connectivity index (χ2v) is 4.22. The van der Waals surface area contributed by atoms with Gasteiger partial charge in [0, 0.05) is 11.6 Å². The number of nitrogens with one attached hydrogen (secondary N) is 1. The van der Waals surface area contributed by atoms with E-state index >= 15 is 0 Å². The summed E-state index contributed by atoms with van der Waals surface area (Å²) in [5.41, 5.74) is -0.0267. The first-order chi connectivity index (χ1) is 9.38. The summed E-state index contributed by atoms with van der Waals surface area (Å²) in [6.07, 6.45) is 0.533. The Hall–Kier alpha value is -2.44. The average molecular weight is 283 g/mol. The third kappa shape index (κ3) is 3.78. The lowest BCUT2D eigenvalue weighted by Crippen LogP contribution is -2.36. The van der Waals surface area contributed by atoms with Crippen molar-refractivity contribution in [1.82, 2.24) is 5.32 Å². The van der Waals surface area contributed by atoms with Crippen molar-refractivity contribution < 1.29 is 29.6 Å². The number of carbonyl (C=O) groups is 2. The number of phenols is 3. The highest BCUT2D eigenvalue weighted by atomic mass is 16.5. The first kappa shape index (κ1) is 15.6. The molecule has 0 aliphatic rings. The van der Waals surface area contributed by atoms with E-state index in [1.54, 1.807) is 6.92 Å². The van der Waals surface area contributed by atoms with Crippen LogP contribution >= 0.6 is 0 Å². The Balaban J connectivity index is 2.82. The lowest BCUT2D eigenvalue weighted by molar-refractivity contribution is -0.141. The van der Waals surface area contributed by atoms with Crippen LogP contribution in [0, 0.1) is 0 Å². The Bertz CT molecular complexity index is 491. The van der Waals surface area contributed by atoms with Crippen LogP contribution in [0.15, 0.2) is 12.1 Å². The van der Waals surface area contributed by atoms with E-state index in [0.29, 0.717) is 6.42 Å². The number of carbonyl (C=O) groups excluding carboxylic acids is 2. The van der Waals surface area contributed by atoms with E-state index in [9.17, 15) is 24.9 Å². The number of amides is 1. The second-order valence-electron chi connectivity index (χ2n) is 4.22. The van der Waals surface area contributed by atoms with Gasteiger partial charge in [0.15, 0.2) is 17.2 Å². The smallest absolute Gasteiger partial charge is 0.307 e. The highest BCUT2D eigenvalue weighted by Gasteiger charge is 2.18. The van der Waals surface area contributed by atoms with Crippen molar-refractivity contribution >= 4 is 11.9 Å². The minimum absolute atomic E-state index is 0.0226. The molecule has 0 saturated carbocycles. The standard InChI is InChI=1S/C13H17NO6/c1-3-8(6-11(17)20-2)14-13(19)7-4-9(15)12(18)10(16)5-7/h4-5,8,15-16,18H,3,6H2,1-2H3,(H,14,19). The molecule has 1 unspecified atom stereocenters. The molecule has 1 atom stereocenters. The van der Waals surface area contributed by atoms with Crippen LogP contribution in [0.2, 0.25) is 0 Å². The molecule has 0 saturated heterocycles. The van der Waals surface area contributed by atoms with Gasteiger partial charge in [0.1, 0.15) is 0 Å². The fourth-order valence-corrected chi connectivity index (χ4v) is 1.59. The van der Waals surface area contributed by atoms with E-state index in [1.807, 2.05) is 0 Å². The van der Waals surface area contributed by atoms with E-state index in [2.05, 4.69) is 10.1 Å². The average Bonchev–Trinajstić information content (AvgIpc) is 2.42. The van der Waals surface area contributed by atoms with Crippen LogP contribution in [0.1, 0.15) is 30.1 Å². The summed E-state index contributed by atoms with van der Waals surface area (Å²) in [5, 5.41) is 30.5. The number of rotatable bonds is 5. The van der Waals surface area contributed by atoms with Crippen LogP contribution in [0.4, 0.5) is 0 Å². The fraction of sp³-hybridized carbons (Fsp3) is 0.385. The van der Waals surface area contributed by atoms with Gasteiger partial charge in [-0.1, -0.05) is 6.92 Å². The van der Waals surface area contributed by atoms with Crippen LogP contribution < -0.4 is 5.32 Å². The first-order valence-corrected chi connectivity index (χ1v) is 6.01. The molecule has 0 fully saturated rings. The molecule has 0 bridgehead atoms. The topological polar surface area (TPSA) is 116 Å². The van der Waals surface area contributed by atoms with E-state index < -0.39 is 35.2 Å². The summed E-state index contributed by atoms with van der Waals surface area (Å²) >= 11 is 0. The van der Waals surface area contributed by atoms with Gasteiger partial charge in [-0.3, -0.25) is 9.59 Å². The highest BCUT2D eigenvalue weighted by Crippen LogP contribution is 2.35. The van der Waals surface area contributed by atoms with Gasteiger partial charge in [0.05, 0.1) is 13.5 Å². The van der Waals surface area contributed by atoms with Gasteiger partial charge in [-0.2, -0.15) is 0 Å². The number of hydrogen-bond donors (Lipinski definition) is 4. The maximum atomic E-state index is 11.9. The third-order valence-electron chi connectivity index (χ3n) is 2.80. The lowest BCUT2D eigenvalue weighted by Gasteiger charge is -2.16. The Labute approximate surface area is 115 Å². The van der Waals surface area contributed by atoms with Crippen LogP contribution in [-0.2, 0) is 9.53 Å². The molecule has 0 aromatic heterocycles. The van der Waals surface area contributed by atoms with Crippen molar-refractivity contribution in [2.24, 2.45) is 0 Å². The minimum Gasteiger partial charge on any atom is -0.504 e. The summed E-state index contributed by atoms with van der Waals surface area (Å²) in [6.45, 7) is 1.79. The van der Waals surface area contributed by atoms with Gasteiger partial charge in [-0.15, -0.1) is 0 Å². The maximum Gasteiger partial charge on any atom is 0.307 e. The van der Waals surface area contributed by atoms with E-state index in [1.165, 1.54) is 7.11 Å². The van der Waals surface area contributed by atoms with Crippen molar-refractivity contribution in [2.75, 3.05) is 7.11 Å². The number of benzene rings is 1. The normalized spacial score (nSPS) is 11.7. The molecule has 1 aromatic carbocycles. The molecule has 0 radical (unpaired) electrons. The molecule has 0 aliphatic heterocycles. The van der Waals surface area contributed by atoms with E-state index in [-0.39, 0.29) is 12.0 Å². The van der Waals surface area contributed by atoms with Crippen molar-refractivity contribution in [3.63, 3.8) is 0 Å². The minimum atomic E-state index is -0.692. The van der Waals surface area contributed by atoms with Crippen molar-refractivity contribution in [2.45, 2.75) is 25.8 Å². The molecule has 1 rings (SSSR count). The molecule has 1 amide bonds. The monoisotopic (exact) mass is 283 g/mol. The lowest BCUT2D eigenvalue weighted by atomic mass is 10.1. The summed E-state index contributed by atoms with van der Waals surface area (Å²) < 4.78 is 4.52. The molecule has 7 heteroatoms. The Morgan fingerprint density at radius 2 is 1.80 bits per heavy atom. The SMILES string of the molecule is CCC(CC(=O)OC)NC(=O)c1cc(O)c(O)c(O)c1. The number of methoxy groups -OCH3 is 1. The summed E-state index contributed by atoms with van der Waals surface area (Å²) in [7, 11) is 1.26. The predicted molar refractivity (Wildman–Crippen MR) is 69.6 cm³/mol. The predicted octanol–water partition coefficient (Wildman–Crippen LogP) is 0.875. The first-order valence-electron chi connectivity index (χ1n) is 6.01. The van der Waals surface area contributed by atoms with Crippen LogP contribution in [0.5, 0.6) is 17.2 Å². The van der Waals surface area contributed by atoms with Crippen LogP contribution in [-0.4, -0.2) is 40.3 Å². The zero-order chi connectivity index (χ0) is 15.3. The van der Waals surface area contributed by atoms with Crippen molar-refractivity contribution in [3.05, 3.63) is 17.7 Å². The van der Waals surface area contributed by atoms with Gasteiger partial charge in [-0.05, 0) is 18.6 Å². The molecule has 20 heavy (non-hydrogen) atoms. The molecular formula is C13H17NO6. The van der Waals surface area contributed by atoms with Crippen LogP contribution in [0.25, 0.3) is 0 Å². The summed E-state index contributed by atoms with van der Waals surface area (Å²) in [4.78, 5) is 23.1. The largest absolute Gasteiger partial charge is 0.504 e. The zero-order valence-electron chi connectivity index (χ0n) is 11.2. The highest BCUT2D eigenvalue weighted by molar-refractivity contribution is 5.96. The van der Waals surface area contributed by atoms with Gasteiger partial charge in [0.2, 0.25) is 0 Å². The molecule has 0 aliphatic carbocycles. The van der Waals surface area contributed by atoms with Gasteiger partial charge < -0.3 is 25.4 Å². The second kappa shape index (κ2) is 6.65. The maximum absolute atomic E-state index is 11.9. The van der Waals surface area contributed by atoms with Crippen LogP contribution in [0.3, 0.4) is 0 Å². The van der Waals surface area contributed by atoms with Gasteiger partial charge in [-0.25, -0.2) is 0 Å². The quantitative estimate of drug-likeness (QED) is 0.471. The Morgan fingerprint density at radius 3 is 2.25 bits per heavy atom. The van der Waals surface area contributed by atoms with Gasteiger partial charge >= 0.3 is 5.97 Å². The molecule has 110 valence electrons. The number of aromatic hydroxyl groups is 3. The molecular weight excluding hydrogens is 266 g/mol. The van der Waals surface area contributed by atoms with E-state index in [4.69, 9.17) is 0 Å². The molecule has 0 spiro atoms. The Kier molecular flexibility index (Phi) is 5.19. The molecule has 1 aromatic rings. The zero-order valence-corrected chi connectivity index (χ0v) is 11.2. The number of phenolic OH excluding ortho intramolecular Hbond substituents is 3. The van der Waals surface area contributed by atoms with E-state index in [0.717, 1.165) is 12.1 Å². The molecule has 0 heterocycles. The number of hydrogen-bond acceptors (Lipinski definition) is 6. The number of ether oxygens (including phenoxy) is 1. The summed E-state index contributed by atoms with van der Waals surface area (Å²) in [6, 6.07) is 1.62. The molecule has 4 N–H and O–H groups in total. The number of esters is 1. The fourth-order valence-electron chi connectivity index (χ4n) is 1.59. The van der Waals surface area contributed by atoms with Crippen molar-refractivity contribution in [3.8, 4) is 17.2 Å². The Morgan fingerprint density at radius 1 is 1.25 bits per heavy atom. The summed E-state index contributed by atoms with van der Waals surface area (Å²) in [5.74, 6) is -2.92.